The Morgan fingerprint density at radius 1 is 1.12 bits per heavy atom. The van der Waals surface area contributed by atoms with Crippen molar-refractivity contribution in [2.75, 3.05) is 0 Å². The summed E-state index contributed by atoms with van der Waals surface area (Å²) in [4.78, 5) is 23.7. The highest BCUT2D eigenvalue weighted by Gasteiger charge is 2.15. The maximum atomic E-state index is 10.6. The number of hydrogen-bond acceptors (Lipinski definition) is 4. The lowest BCUT2D eigenvalue weighted by Gasteiger charge is -2.07. The average molecular weight is 346 g/mol. The Hall–Kier alpha value is -1.61. The molecule has 0 spiro atoms. The molecule has 2 rings (SSSR count). The van der Waals surface area contributed by atoms with Crippen LogP contribution in [0.3, 0.4) is 0 Å². The Kier molecular flexibility index (Phi) is 9.60. The van der Waals surface area contributed by atoms with Crippen LogP contribution in [0.25, 0.3) is 10.9 Å². The monoisotopic (exact) mass is 345 g/mol. The van der Waals surface area contributed by atoms with Crippen LogP contribution in [-0.4, -0.2) is 62.3 Å². The summed E-state index contributed by atoms with van der Waals surface area (Å²) >= 11 is 0. The quantitative estimate of drug-likeness (QED) is 0.507. The van der Waals surface area contributed by atoms with Gasteiger partial charge in [0.2, 0.25) is 0 Å². The van der Waals surface area contributed by atoms with Crippen LogP contribution < -0.4 is 11.5 Å². The van der Waals surface area contributed by atoms with Gasteiger partial charge >= 0.3 is 11.9 Å². The second kappa shape index (κ2) is 10.3. The zero-order valence-electron chi connectivity index (χ0n) is 13.9. The van der Waals surface area contributed by atoms with E-state index in [0.29, 0.717) is 6.42 Å². The minimum atomic E-state index is -0.972. The van der Waals surface area contributed by atoms with Crippen molar-refractivity contribution in [3.8, 4) is 0 Å². The second-order valence-corrected chi connectivity index (χ2v) is 5.62. The highest BCUT2D eigenvalue weighted by Crippen LogP contribution is 2.18. The van der Waals surface area contributed by atoms with Crippen LogP contribution in [0.15, 0.2) is 30.5 Å². The van der Waals surface area contributed by atoms with Crippen LogP contribution in [0.4, 0.5) is 0 Å². The van der Waals surface area contributed by atoms with Crippen LogP contribution in [-0.2, 0) is 16.0 Å². The molecule has 0 aliphatic rings. The Balaban J connectivity index is 0.000000510. The topological polar surface area (TPSA) is 142 Å². The zero-order chi connectivity index (χ0) is 17.6. The lowest BCUT2D eigenvalue weighted by molar-refractivity contribution is -0.140. The average Bonchev–Trinajstić information content (AvgIpc) is 2.90. The molecule has 2 radical (unpaired) electrons. The van der Waals surface area contributed by atoms with Crippen LogP contribution in [0.5, 0.6) is 0 Å². The van der Waals surface area contributed by atoms with Gasteiger partial charge in [-0.3, -0.25) is 9.59 Å². The Bertz CT molecular complexity index is 672. The van der Waals surface area contributed by atoms with Gasteiger partial charge < -0.3 is 26.7 Å². The van der Waals surface area contributed by atoms with Gasteiger partial charge in [0.1, 0.15) is 12.1 Å². The molecule has 0 amide bonds. The molecule has 0 aliphatic heterocycles. The number of carbonyl (C=O) groups is 2. The van der Waals surface area contributed by atoms with Crippen molar-refractivity contribution >= 4 is 45.9 Å². The summed E-state index contributed by atoms with van der Waals surface area (Å²) in [6.45, 7) is 3.55. The van der Waals surface area contributed by atoms with Crippen molar-refractivity contribution in [1.29, 1.82) is 0 Å². The molecule has 0 unspecified atom stereocenters. The molecule has 1 aromatic carbocycles. The summed E-state index contributed by atoms with van der Waals surface area (Å²) in [6, 6.07) is 6.20. The van der Waals surface area contributed by atoms with E-state index in [1.807, 2.05) is 30.5 Å². The van der Waals surface area contributed by atoms with Crippen LogP contribution in [0.1, 0.15) is 19.4 Å². The molecule has 1 aromatic heterocycles. The highest BCUT2D eigenvalue weighted by molar-refractivity contribution is 5.84. The normalized spacial score (nSPS) is 12.7. The van der Waals surface area contributed by atoms with Crippen LogP contribution in [0, 0.1) is 5.92 Å². The molecule has 7 nitrogen and oxygen atoms in total. The van der Waals surface area contributed by atoms with Crippen LogP contribution >= 0.6 is 0 Å². The number of fused-ring (bicyclic) bond motifs is 1. The zero-order valence-corrected chi connectivity index (χ0v) is 15.3. The smallest absolute Gasteiger partial charge is 0.320 e. The number of carboxylic acids is 2. The van der Waals surface area contributed by atoms with Crippen molar-refractivity contribution < 1.29 is 19.8 Å². The van der Waals surface area contributed by atoms with E-state index in [-0.39, 0.29) is 29.0 Å². The van der Waals surface area contributed by atoms with E-state index in [1.54, 1.807) is 13.8 Å². The fourth-order valence-corrected chi connectivity index (χ4v) is 1.91. The molecule has 7 N–H and O–H groups in total. The van der Waals surface area contributed by atoms with Gasteiger partial charge in [-0.2, -0.15) is 0 Å². The van der Waals surface area contributed by atoms with E-state index < -0.39 is 24.0 Å². The van der Waals surface area contributed by atoms with E-state index in [1.165, 1.54) is 0 Å². The van der Waals surface area contributed by atoms with Crippen molar-refractivity contribution in [3.63, 3.8) is 0 Å². The summed E-state index contributed by atoms with van der Waals surface area (Å²) in [7, 11) is 0. The molecule has 8 heteroatoms. The van der Waals surface area contributed by atoms with Crippen molar-refractivity contribution in [2.24, 2.45) is 17.4 Å². The van der Waals surface area contributed by atoms with Crippen LogP contribution in [0.2, 0.25) is 0 Å². The molecule has 0 aliphatic carbocycles. The Morgan fingerprint density at radius 3 is 2.17 bits per heavy atom. The number of benzene rings is 1. The van der Waals surface area contributed by atoms with Crippen molar-refractivity contribution in [2.45, 2.75) is 32.4 Å². The fraction of sp³-hybridized carbons (Fsp3) is 0.375. The predicted octanol–water partition coefficient (Wildman–Crippen LogP) is 0.796. The first kappa shape index (κ1) is 22.4. The second-order valence-electron chi connectivity index (χ2n) is 5.62. The maximum Gasteiger partial charge on any atom is 0.320 e. The Labute approximate surface area is 156 Å². The lowest BCUT2D eigenvalue weighted by Crippen LogP contribution is -2.34. The first-order valence-corrected chi connectivity index (χ1v) is 7.25. The van der Waals surface area contributed by atoms with Gasteiger partial charge in [0.25, 0.3) is 0 Å². The lowest BCUT2D eigenvalue weighted by atomic mass is 10.1. The SMILES string of the molecule is CC(C)[C@H](N)C(=O)O.N[C@@H](Cc1c[nH]c2ccccc12)C(=O)O.[Mg]. The number of H-pyrrole nitrogens is 1. The number of nitrogens with one attached hydrogen (secondary N) is 1. The molecular formula is C16H23MgN3O4. The van der Waals surface area contributed by atoms with E-state index in [9.17, 15) is 9.59 Å². The number of carboxylic acid groups (broad SMARTS) is 2. The van der Waals surface area contributed by atoms with E-state index in [2.05, 4.69) is 4.98 Å². The summed E-state index contributed by atoms with van der Waals surface area (Å²) in [5.41, 5.74) is 12.6. The van der Waals surface area contributed by atoms with Crippen molar-refractivity contribution in [1.82, 2.24) is 4.98 Å². The van der Waals surface area contributed by atoms with E-state index in [4.69, 9.17) is 21.7 Å². The maximum absolute atomic E-state index is 10.6. The fourth-order valence-electron chi connectivity index (χ4n) is 1.91. The van der Waals surface area contributed by atoms with Gasteiger partial charge in [-0.1, -0.05) is 32.0 Å². The third kappa shape index (κ3) is 6.48. The summed E-state index contributed by atoms with van der Waals surface area (Å²) < 4.78 is 0. The molecule has 24 heavy (non-hydrogen) atoms. The highest BCUT2D eigenvalue weighted by atomic mass is 24.3. The molecule has 0 fully saturated rings. The number of aromatic amines is 1. The van der Waals surface area contributed by atoms with Gasteiger partial charge in [-0.05, 0) is 17.5 Å². The molecular weight excluding hydrogens is 322 g/mol. The van der Waals surface area contributed by atoms with Gasteiger partial charge in [0.05, 0.1) is 0 Å². The minimum Gasteiger partial charge on any atom is -0.480 e. The van der Waals surface area contributed by atoms with E-state index in [0.717, 1.165) is 16.5 Å². The minimum absolute atomic E-state index is 0. The van der Waals surface area contributed by atoms with Gasteiger partial charge in [-0.15, -0.1) is 0 Å². The summed E-state index contributed by atoms with van der Waals surface area (Å²) in [5, 5.41) is 18.0. The number of aliphatic carboxylic acids is 2. The molecule has 1 heterocycles. The predicted molar refractivity (Wildman–Crippen MR) is 93.8 cm³/mol. The number of nitrogens with two attached hydrogens (primary N) is 2. The van der Waals surface area contributed by atoms with E-state index >= 15 is 0 Å². The Morgan fingerprint density at radius 2 is 1.71 bits per heavy atom. The summed E-state index contributed by atoms with van der Waals surface area (Å²) in [5.74, 6) is -1.88. The first-order chi connectivity index (χ1) is 10.7. The third-order valence-corrected chi connectivity index (χ3v) is 3.44. The number of rotatable bonds is 5. The van der Waals surface area contributed by atoms with Crippen molar-refractivity contribution in [3.05, 3.63) is 36.0 Å². The number of hydrogen-bond donors (Lipinski definition) is 5. The van der Waals surface area contributed by atoms with Gasteiger partial charge in [0.15, 0.2) is 0 Å². The molecule has 0 saturated heterocycles. The van der Waals surface area contributed by atoms with Gasteiger partial charge in [-0.25, -0.2) is 0 Å². The summed E-state index contributed by atoms with van der Waals surface area (Å²) in [6.07, 6.45) is 2.16. The molecule has 0 bridgehead atoms. The van der Waals surface area contributed by atoms with Gasteiger partial charge in [0, 0.05) is 46.6 Å². The number of aromatic nitrogens is 1. The third-order valence-electron chi connectivity index (χ3n) is 3.44. The number of para-hydroxylation sites is 1. The molecule has 128 valence electrons. The standard InChI is InChI=1S/C11H12N2O2.C5H11NO2.Mg/c12-9(11(14)15)5-7-6-13-10-4-2-1-3-8(7)10;1-3(2)4(6)5(7)8;/h1-4,6,9,13H,5,12H2,(H,14,15);3-4H,6H2,1-2H3,(H,7,8);/t9-;4-;/m00./s1. The first-order valence-electron chi connectivity index (χ1n) is 7.25. The molecule has 0 saturated carbocycles. The molecule has 2 aromatic rings. The molecule has 2 atom stereocenters. The largest absolute Gasteiger partial charge is 0.480 e.